The molecule has 38 heavy (non-hydrogen) atoms. The van der Waals surface area contributed by atoms with E-state index in [1.165, 1.54) is 15.8 Å². The van der Waals surface area contributed by atoms with Gasteiger partial charge in [0.2, 0.25) is 0 Å². The highest BCUT2D eigenvalue weighted by Gasteiger charge is 2.25. The maximum atomic E-state index is 12.9. The number of likely N-dealkylation sites (tertiary alicyclic amines) is 1. The van der Waals surface area contributed by atoms with Crippen LogP contribution in [0.5, 0.6) is 0 Å². The van der Waals surface area contributed by atoms with Crippen LogP contribution in [0.1, 0.15) is 36.3 Å². The fraction of sp³-hybridized carbons (Fsp3) is 0.276. The second kappa shape index (κ2) is 11.9. The van der Waals surface area contributed by atoms with Gasteiger partial charge in [-0.15, -0.1) is 0 Å². The van der Waals surface area contributed by atoms with E-state index in [9.17, 15) is 9.59 Å². The number of hydrogen-bond donors (Lipinski definition) is 1. The quantitative estimate of drug-likeness (QED) is 0.290. The molecule has 1 aromatic heterocycles. The third-order valence-electron chi connectivity index (χ3n) is 7.03. The summed E-state index contributed by atoms with van der Waals surface area (Å²) in [5.41, 5.74) is 3.55. The van der Waals surface area contributed by atoms with Crippen molar-refractivity contribution in [1.82, 2.24) is 19.2 Å². The van der Waals surface area contributed by atoms with E-state index >= 15 is 0 Å². The lowest BCUT2D eigenvalue weighted by Gasteiger charge is -2.32. The van der Waals surface area contributed by atoms with Crippen molar-refractivity contribution in [2.75, 3.05) is 18.4 Å². The van der Waals surface area contributed by atoms with Crippen molar-refractivity contribution in [2.24, 2.45) is 0 Å². The van der Waals surface area contributed by atoms with Gasteiger partial charge in [-0.25, -0.2) is 18.8 Å². The summed E-state index contributed by atoms with van der Waals surface area (Å²) in [6, 6.07) is 23.2. The minimum absolute atomic E-state index is 0.135. The normalized spacial score (nSPS) is 14.0. The van der Waals surface area contributed by atoms with Crippen molar-refractivity contribution < 1.29 is 4.79 Å². The third-order valence-corrected chi connectivity index (χ3v) is 7.66. The van der Waals surface area contributed by atoms with Crippen LogP contribution in [0.3, 0.4) is 0 Å². The summed E-state index contributed by atoms with van der Waals surface area (Å²) in [6.45, 7) is 1.85. The number of carbonyl (C=O) groups excluding carboxylic acids is 1. The Hall–Kier alpha value is -3.55. The summed E-state index contributed by atoms with van der Waals surface area (Å²) in [5, 5.41) is 7.98. The largest absolute Gasteiger partial charge is 0.350 e. The molecule has 0 aliphatic carbocycles. The van der Waals surface area contributed by atoms with Gasteiger partial charge >= 0.3 is 11.7 Å². The van der Waals surface area contributed by atoms with E-state index < -0.39 is 0 Å². The molecule has 1 aliphatic rings. The Bertz CT molecular complexity index is 1420. The maximum Gasteiger partial charge on any atom is 0.350 e. The third kappa shape index (κ3) is 5.95. The van der Waals surface area contributed by atoms with E-state index in [0.717, 1.165) is 31.4 Å². The molecule has 2 amide bonds. The van der Waals surface area contributed by atoms with E-state index in [1.807, 2.05) is 30.3 Å². The molecule has 4 aromatic rings. The van der Waals surface area contributed by atoms with Crippen molar-refractivity contribution in [3.05, 3.63) is 111 Å². The number of amides is 2. The Morgan fingerprint density at radius 3 is 2.29 bits per heavy atom. The molecule has 9 heteroatoms. The molecule has 0 spiro atoms. The SMILES string of the molecule is O=C(Nc1c(Cl)cccc1Cl)N1CCC(c2ccc(-n3cnn(CCCc4ccccc4)c3=O)cc2)CC1. The lowest BCUT2D eigenvalue weighted by molar-refractivity contribution is 0.194. The number of piperidine rings is 1. The van der Waals surface area contributed by atoms with Crippen molar-refractivity contribution in [2.45, 2.75) is 38.1 Å². The van der Waals surface area contributed by atoms with Gasteiger partial charge in [0.05, 0.1) is 21.4 Å². The van der Waals surface area contributed by atoms with Crippen LogP contribution < -0.4 is 11.0 Å². The number of hydrogen-bond acceptors (Lipinski definition) is 3. The zero-order valence-electron chi connectivity index (χ0n) is 20.9. The summed E-state index contributed by atoms with van der Waals surface area (Å²) >= 11 is 12.4. The molecule has 3 aromatic carbocycles. The zero-order chi connectivity index (χ0) is 26.5. The van der Waals surface area contributed by atoms with Crippen molar-refractivity contribution in [1.29, 1.82) is 0 Å². The van der Waals surface area contributed by atoms with E-state index in [1.54, 1.807) is 34.0 Å². The molecule has 7 nitrogen and oxygen atoms in total. The molecule has 5 rings (SSSR count). The first kappa shape index (κ1) is 26.1. The van der Waals surface area contributed by atoms with Crippen LogP contribution in [0, 0.1) is 0 Å². The summed E-state index contributed by atoms with van der Waals surface area (Å²) in [4.78, 5) is 27.4. The highest BCUT2D eigenvalue weighted by Crippen LogP contribution is 2.32. The van der Waals surface area contributed by atoms with Gasteiger partial charge in [0, 0.05) is 19.6 Å². The smallest absolute Gasteiger partial charge is 0.324 e. The molecule has 1 saturated heterocycles. The van der Waals surface area contributed by atoms with Crippen molar-refractivity contribution in [3.8, 4) is 5.69 Å². The average molecular weight is 550 g/mol. The van der Waals surface area contributed by atoms with Gasteiger partial charge in [0.25, 0.3) is 0 Å². The number of aryl methyl sites for hydroxylation is 2. The van der Waals surface area contributed by atoms with Crippen LogP contribution in [0.25, 0.3) is 5.69 Å². The van der Waals surface area contributed by atoms with Crippen LogP contribution in [-0.4, -0.2) is 38.4 Å². The van der Waals surface area contributed by atoms with E-state index in [-0.39, 0.29) is 11.7 Å². The van der Waals surface area contributed by atoms with E-state index in [4.69, 9.17) is 23.2 Å². The molecule has 1 aliphatic heterocycles. The number of urea groups is 1. The summed E-state index contributed by atoms with van der Waals surface area (Å²) in [7, 11) is 0. The van der Waals surface area contributed by atoms with Gasteiger partial charge in [-0.05, 0) is 67.0 Å². The molecule has 1 N–H and O–H groups in total. The number of halogens is 2. The molecule has 0 unspecified atom stereocenters. The predicted molar refractivity (Wildman–Crippen MR) is 152 cm³/mol. The standard InChI is InChI=1S/C29H29Cl2N5O2/c30-25-9-4-10-26(31)27(25)33-28(37)34-18-15-23(16-19-34)22-11-13-24(14-12-22)35-20-32-36(29(35)38)17-5-8-21-6-2-1-3-7-21/h1-4,6-7,9-14,20,23H,5,8,15-19H2,(H,33,37). The highest BCUT2D eigenvalue weighted by atomic mass is 35.5. The molecule has 1 fully saturated rings. The fourth-order valence-electron chi connectivity index (χ4n) is 4.87. The summed E-state index contributed by atoms with van der Waals surface area (Å²) < 4.78 is 3.10. The number of carbonyl (C=O) groups is 1. The number of nitrogens with one attached hydrogen (secondary N) is 1. The molecule has 0 saturated carbocycles. The van der Waals surface area contributed by atoms with Crippen LogP contribution in [-0.2, 0) is 13.0 Å². The molecule has 2 heterocycles. The number of benzene rings is 3. The number of rotatable bonds is 7. The van der Waals surface area contributed by atoms with E-state index in [0.29, 0.717) is 41.3 Å². The van der Waals surface area contributed by atoms with Crippen LogP contribution in [0.2, 0.25) is 10.0 Å². The number of anilines is 1. The van der Waals surface area contributed by atoms with Gasteiger partial charge < -0.3 is 10.2 Å². The van der Waals surface area contributed by atoms with Gasteiger partial charge in [-0.2, -0.15) is 5.10 Å². The second-order valence-corrected chi connectivity index (χ2v) is 10.3. The molecule has 0 radical (unpaired) electrons. The Morgan fingerprint density at radius 1 is 0.921 bits per heavy atom. The van der Waals surface area contributed by atoms with Crippen LogP contribution >= 0.6 is 23.2 Å². The molecular formula is C29H29Cl2N5O2. The first-order valence-electron chi connectivity index (χ1n) is 12.8. The lowest BCUT2D eigenvalue weighted by atomic mass is 9.89. The maximum absolute atomic E-state index is 12.9. The van der Waals surface area contributed by atoms with Gasteiger partial charge in [-0.1, -0.05) is 71.7 Å². The Morgan fingerprint density at radius 2 is 1.61 bits per heavy atom. The minimum Gasteiger partial charge on any atom is -0.324 e. The summed E-state index contributed by atoms with van der Waals surface area (Å²) in [6.07, 6.45) is 5.04. The van der Waals surface area contributed by atoms with Gasteiger partial charge in [0.15, 0.2) is 0 Å². The number of nitrogens with zero attached hydrogens (tertiary/aromatic N) is 4. The second-order valence-electron chi connectivity index (χ2n) is 9.48. The van der Waals surface area contributed by atoms with E-state index in [2.05, 4.69) is 34.7 Å². The number of para-hydroxylation sites is 1. The van der Waals surface area contributed by atoms with Crippen molar-refractivity contribution in [3.63, 3.8) is 0 Å². The average Bonchev–Trinajstić information content (AvgIpc) is 3.31. The van der Waals surface area contributed by atoms with Gasteiger partial charge in [0.1, 0.15) is 6.33 Å². The lowest BCUT2D eigenvalue weighted by Crippen LogP contribution is -2.40. The number of aromatic nitrogens is 3. The predicted octanol–water partition coefficient (Wildman–Crippen LogP) is 6.39. The Balaban J connectivity index is 1.15. The molecular weight excluding hydrogens is 521 g/mol. The van der Waals surface area contributed by atoms with Crippen LogP contribution in [0.4, 0.5) is 10.5 Å². The molecule has 0 atom stereocenters. The minimum atomic E-state index is -0.200. The Kier molecular flexibility index (Phi) is 8.15. The van der Waals surface area contributed by atoms with Crippen LogP contribution in [0.15, 0.2) is 83.9 Å². The Labute approximate surface area is 231 Å². The molecule has 196 valence electrons. The van der Waals surface area contributed by atoms with Crippen molar-refractivity contribution >= 4 is 34.9 Å². The first-order chi connectivity index (χ1) is 18.5. The zero-order valence-corrected chi connectivity index (χ0v) is 22.4. The highest BCUT2D eigenvalue weighted by molar-refractivity contribution is 6.39. The first-order valence-corrected chi connectivity index (χ1v) is 13.5. The molecule has 0 bridgehead atoms. The van der Waals surface area contributed by atoms with Gasteiger partial charge in [-0.3, -0.25) is 0 Å². The topological polar surface area (TPSA) is 72.2 Å². The monoisotopic (exact) mass is 549 g/mol. The summed E-state index contributed by atoms with van der Waals surface area (Å²) in [5.74, 6) is 0.342. The fourth-order valence-corrected chi connectivity index (χ4v) is 5.36.